The number of nitrogen functional groups attached to an aromatic ring is 1. The smallest absolute Gasteiger partial charge is 0.335 e. The molecule has 1 unspecified atom stereocenters. The molecule has 2 aromatic carbocycles. The lowest BCUT2D eigenvalue weighted by atomic mass is 10.1. The van der Waals surface area contributed by atoms with Gasteiger partial charge in [-0.3, -0.25) is 4.79 Å². The number of anilines is 1. The van der Waals surface area contributed by atoms with Gasteiger partial charge in [0.2, 0.25) is 11.1 Å². The maximum Gasteiger partial charge on any atom is 0.418 e. The van der Waals surface area contributed by atoms with Crippen molar-refractivity contribution in [1.82, 2.24) is 14.9 Å². The van der Waals surface area contributed by atoms with Crippen molar-refractivity contribution in [1.29, 1.82) is 0 Å². The Kier molecular flexibility index (Phi) is 5.59. The van der Waals surface area contributed by atoms with Crippen LogP contribution in [0.4, 0.5) is 18.9 Å². The van der Waals surface area contributed by atoms with E-state index in [2.05, 4.69) is 15.5 Å². The van der Waals surface area contributed by atoms with Crippen LogP contribution in [0.2, 0.25) is 0 Å². The third-order valence-corrected chi connectivity index (χ3v) is 4.90. The summed E-state index contributed by atoms with van der Waals surface area (Å²) in [5.74, 6) is 5.82. The lowest BCUT2D eigenvalue weighted by Crippen LogP contribution is -2.25. The molecule has 3 N–H and O–H groups in total. The Balaban J connectivity index is 1.74. The van der Waals surface area contributed by atoms with Gasteiger partial charge in [-0.25, -0.2) is 4.68 Å². The number of halogens is 3. The fourth-order valence-corrected chi connectivity index (χ4v) is 3.20. The molecule has 1 amide bonds. The average Bonchev–Trinajstić information content (AvgIpc) is 3.02. The molecule has 3 aromatic rings. The van der Waals surface area contributed by atoms with E-state index in [-0.39, 0.29) is 10.8 Å². The topological polar surface area (TPSA) is 85.8 Å². The van der Waals surface area contributed by atoms with Gasteiger partial charge in [0.05, 0.1) is 16.5 Å². The van der Waals surface area contributed by atoms with Gasteiger partial charge in [0.25, 0.3) is 0 Å². The second kappa shape index (κ2) is 7.93. The van der Waals surface area contributed by atoms with Crippen LogP contribution in [0, 0.1) is 0 Å². The SMILES string of the molecule is CC(Sc1nnc(-c2ccccc2)n1N)C(=O)Nc1ccccc1C(F)(F)F. The molecule has 0 saturated carbocycles. The first-order valence-corrected chi connectivity index (χ1v) is 9.05. The van der Waals surface area contributed by atoms with E-state index in [0.29, 0.717) is 5.82 Å². The lowest BCUT2D eigenvalue weighted by molar-refractivity contribution is -0.137. The largest absolute Gasteiger partial charge is 0.418 e. The highest BCUT2D eigenvalue weighted by atomic mass is 32.2. The molecule has 6 nitrogen and oxygen atoms in total. The van der Waals surface area contributed by atoms with E-state index in [0.717, 1.165) is 23.4 Å². The van der Waals surface area contributed by atoms with Crippen LogP contribution in [0.5, 0.6) is 0 Å². The Morgan fingerprint density at radius 1 is 1.11 bits per heavy atom. The minimum Gasteiger partial charge on any atom is -0.335 e. The standard InChI is InChI=1S/C18H16F3N5OS/c1-11(16(27)23-14-10-6-5-9-13(14)18(19,20)21)28-17-25-24-15(26(17)22)12-7-3-2-4-8-12/h2-11H,22H2,1H3,(H,23,27). The number of hydrogen-bond acceptors (Lipinski definition) is 5. The summed E-state index contributed by atoms with van der Waals surface area (Å²) in [5.41, 5.74) is -0.457. The Labute approximate surface area is 162 Å². The van der Waals surface area contributed by atoms with Crippen LogP contribution >= 0.6 is 11.8 Å². The first-order valence-electron chi connectivity index (χ1n) is 8.17. The van der Waals surface area contributed by atoms with E-state index >= 15 is 0 Å². The molecule has 3 rings (SSSR count). The number of thioether (sulfide) groups is 1. The molecule has 10 heteroatoms. The maximum atomic E-state index is 13.1. The summed E-state index contributed by atoms with van der Waals surface area (Å²) in [6.07, 6.45) is -4.57. The second-order valence-electron chi connectivity index (χ2n) is 5.83. The van der Waals surface area contributed by atoms with Crippen LogP contribution in [0.3, 0.4) is 0 Å². The third-order valence-electron chi connectivity index (χ3n) is 3.84. The predicted molar refractivity (Wildman–Crippen MR) is 101 cm³/mol. The highest BCUT2D eigenvalue weighted by Gasteiger charge is 2.34. The molecule has 1 aromatic heterocycles. The molecule has 0 saturated heterocycles. The van der Waals surface area contributed by atoms with Gasteiger partial charge < -0.3 is 11.2 Å². The van der Waals surface area contributed by atoms with Gasteiger partial charge in [-0.05, 0) is 19.1 Å². The highest BCUT2D eigenvalue weighted by Crippen LogP contribution is 2.35. The minimum absolute atomic E-state index is 0.269. The van der Waals surface area contributed by atoms with Crippen LogP contribution in [-0.4, -0.2) is 26.0 Å². The Hall–Kier alpha value is -3.01. The number of alkyl halides is 3. The van der Waals surface area contributed by atoms with Crippen LogP contribution in [0.15, 0.2) is 59.8 Å². The number of rotatable bonds is 5. The van der Waals surface area contributed by atoms with Crippen molar-refractivity contribution in [2.45, 2.75) is 23.5 Å². The molecule has 0 aliphatic carbocycles. The highest BCUT2D eigenvalue weighted by molar-refractivity contribution is 8.00. The summed E-state index contributed by atoms with van der Waals surface area (Å²) < 4.78 is 40.5. The first-order chi connectivity index (χ1) is 13.3. The zero-order valence-corrected chi connectivity index (χ0v) is 15.5. The van der Waals surface area contributed by atoms with E-state index in [1.807, 2.05) is 30.3 Å². The van der Waals surface area contributed by atoms with Crippen LogP contribution in [-0.2, 0) is 11.0 Å². The van der Waals surface area contributed by atoms with Crippen molar-refractivity contribution >= 4 is 23.4 Å². The maximum absolute atomic E-state index is 13.1. The van der Waals surface area contributed by atoms with Gasteiger partial charge >= 0.3 is 6.18 Å². The van der Waals surface area contributed by atoms with Crippen molar-refractivity contribution in [3.63, 3.8) is 0 Å². The van der Waals surface area contributed by atoms with Crippen molar-refractivity contribution in [2.75, 3.05) is 11.2 Å². The molecule has 0 aliphatic heterocycles. The summed E-state index contributed by atoms with van der Waals surface area (Å²) in [7, 11) is 0. The van der Waals surface area contributed by atoms with Crippen molar-refractivity contribution < 1.29 is 18.0 Å². The quantitative estimate of drug-likeness (QED) is 0.496. The zero-order chi connectivity index (χ0) is 20.3. The predicted octanol–water partition coefficient (Wildman–Crippen LogP) is 3.80. The summed E-state index contributed by atoms with van der Waals surface area (Å²) in [6.45, 7) is 1.55. The number of nitrogens with two attached hydrogens (primary N) is 1. The van der Waals surface area contributed by atoms with Gasteiger partial charge in [-0.1, -0.05) is 54.2 Å². The summed E-state index contributed by atoms with van der Waals surface area (Å²) in [6, 6.07) is 13.9. The number of aromatic nitrogens is 3. The molecular weight excluding hydrogens is 391 g/mol. The van der Waals surface area contributed by atoms with Crippen molar-refractivity contribution in [3.05, 3.63) is 60.2 Å². The Bertz CT molecular complexity index is 975. The normalized spacial score (nSPS) is 12.6. The second-order valence-corrected chi connectivity index (χ2v) is 7.14. The average molecular weight is 407 g/mol. The monoisotopic (exact) mass is 407 g/mol. The van der Waals surface area contributed by atoms with E-state index in [4.69, 9.17) is 5.84 Å². The van der Waals surface area contributed by atoms with Gasteiger partial charge in [-0.2, -0.15) is 13.2 Å². The van der Waals surface area contributed by atoms with Crippen molar-refractivity contribution in [2.24, 2.45) is 0 Å². The minimum atomic E-state index is -4.57. The first kappa shape index (κ1) is 19.7. The lowest BCUT2D eigenvalue weighted by Gasteiger charge is -2.16. The zero-order valence-electron chi connectivity index (χ0n) is 14.6. The molecule has 0 aliphatic rings. The van der Waals surface area contributed by atoms with E-state index in [9.17, 15) is 18.0 Å². The molecular formula is C18H16F3N5OS. The van der Waals surface area contributed by atoms with Crippen LogP contribution in [0.1, 0.15) is 12.5 Å². The summed E-state index contributed by atoms with van der Waals surface area (Å²) in [5, 5.41) is 9.82. The summed E-state index contributed by atoms with van der Waals surface area (Å²) in [4.78, 5) is 12.4. The number of carbonyl (C=O) groups is 1. The number of nitrogens with one attached hydrogen (secondary N) is 1. The van der Waals surface area contributed by atoms with Crippen LogP contribution in [0.25, 0.3) is 11.4 Å². The van der Waals surface area contributed by atoms with E-state index in [1.54, 1.807) is 6.92 Å². The summed E-state index contributed by atoms with van der Waals surface area (Å²) >= 11 is 0.997. The molecule has 146 valence electrons. The molecule has 1 atom stereocenters. The number of para-hydroxylation sites is 1. The number of benzene rings is 2. The van der Waals surface area contributed by atoms with Gasteiger partial charge in [-0.15, -0.1) is 10.2 Å². The van der Waals surface area contributed by atoms with Crippen molar-refractivity contribution in [3.8, 4) is 11.4 Å². The fourth-order valence-electron chi connectivity index (χ4n) is 2.43. The van der Waals surface area contributed by atoms with Gasteiger partial charge in [0.1, 0.15) is 0 Å². The number of carbonyl (C=O) groups excluding carboxylic acids is 1. The Morgan fingerprint density at radius 3 is 2.43 bits per heavy atom. The fraction of sp³-hybridized carbons (Fsp3) is 0.167. The molecule has 0 bridgehead atoms. The number of hydrogen-bond donors (Lipinski definition) is 2. The van der Waals surface area contributed by atoms with E-state index < -0.39 is 22.9 Å². The van der Waals surface area contributed by atoms with E-state index in [1.165, 1.54) is 22.9 Å². The molecule has 1 heterocycles. The molecule has 0 spiro atoms. The molecule has 28 heavy (non-hydrogen) atoms. The molecule has 0 radical (unpaired) electrons. The van der Waals surface area contributed by atoms with Crippen LogP contribution < -0.4 is 11.2 Å². The number of amides is 1. The Morgan fingerprint density at radius 2 is 1.75 bits per heavy atom. The molecule has 0 fully saturated rings. The number of nitrogens with zero attached hydrogens (tertiary/aromatic N) is 3. The van der Waals surface area contributed by atoms with Gasteiger partial charge in [0, 0.05) is 5.56 Å². The third kappa shape index (κ3) is 4.28. The van der Waals surface area contributed by atoms with Gasteiger partial charge in [0.15, 0.2) is 5.82 Å².